The van der Waals surface area contributed by atoms with Gasteiger partial charge < -0.3 is 5.32 Å². The zero-order valence-corrected chi connectivity index (χ0v) is 17.7. The summed E-state index contributed by atoms with van der Waals surface area (Å²) in [5.41, 5.74) is 1.03. The SMILES string of the molecule is CSc1nnc(CNC(=O)c2cc(Cl)ccc2Cl)n1-c1ccc(Cl)c(Cl)c1. The van der Waals surface area contributed by atoms with Gasteiger partial charge in [-0.3, -0.25) is 9.36 Å². The third-order valence-corrected chi connectivity index (χ3v) is 5.56. The molecule has 0 spiro atoms. The molecule has 1 aromatic heterocycles. The molecule has 0 bridgehead atoms. The first-order chi connectivity index (χ1) is 12.9. The topological polar surface area (TPSA) is 59.8 Å². The lowest BCUT2D eigenvalue weighted by atomic mass is 10.2. The standard InChI is InChI=1S/C17H12Cl4N4OS/c1-27-17-24-23-15(25(17)10-3-5-13(20)14(21)7-10)8-22-16(26)11-6-9(18)2-4-12(11)19/h2-7H,8H2,1H3,(H,22,26). The third-order valence-electron chi connectivity index (χ3n) is 3.62. The van der Waals surface area contributed by atoms with Crippen molar-refractivity contribution in [3.8, 4) is 5.69 Å². The Hall–Kier alpha value is -1.44. The van der Waals surface area contributed by atoms with Crippen LogP contribution in [0.4, 0.5) is 0 Å². The lowest BCUT2D eigenvalue weighted by molar-refractivity contribution is 0.0950. The second-order valence-corrected chi connectivity index (χ2v) is 7.78. The van der Waals surface area contributed by atoms with Crippen molar-refractivity contribution in [2.24, 2.45) is 0 Å². The second kappa shape index (κ2) is 8.71. The van der Waals surface area contributed by atoms with E-state index in [0.29, 0.717) is 31.1 Å². The van der Waals surface area contributed by atoms with Gasteiger partial charge in [0.25, 0.3) is 5.91 Å². The largest absolute Gasteiger partial charge is 0.345 e. The molecular weight excluding hydrogens is 450 g/mol. The van der Waals surface area contributed by atoms with Crippen LogP contribution in [0, 0.1) is 0 Å². The Morgan fingerprint density at radius 3 is 2.48 bits per heavy atom. The van der Waals surface area contributed by atoms with Crippen molar-refractivity contribution in [1.82, 2.24) is 20.1 Å². The lowest BCUT2D eigenvalue weighted by Gasteiger charge is -2.11. The molecule has 0 saturated heterocycles. The highest BCUT2D eigenvalue weighted by Gasteiger charge is 2.17. The van der Waals surface area contributed by atoms with Crippen LogP contribution < -0.4 is 5.32 Å². The molecule has 10 heteroatoms. The van der Waals surface area contributed by atoms with Gasteiger partial charge in [0.15, 0.2) is 11.0 Å². The molecule has 0 atom stereocenters. The maximum Gasteiger partial charge on any atom is 0.253 e. The highest BCUT2D eigenvalue weighted by molar-refractivity contribution is 7.98. The summed E-state index contributed by atoms with van der Waals surface area (Å²) in [6.45, 7) is 0.134. The van der Waals surface area contributed by atoms with Gasteiger partial charge in [-0.15, -0.1) is 10.2 Å². The quantitative estimate of drug-likeness (QED) is 0.507. The molecule has 0 saturated carbocycles. The van der Waals surface area contributed by atoms with Gasteiger partial charge >= 0.3 is 0 Å². The van der Waals surface area contributed by atoms with Gasteiger partial charge in [-0.25, -0.2) is 0 Å². The Balaban J connectivity index is 1.87. The summed E-state index contributed by atoms with van der Waals surface area (Å²) in [6.07, 6.45) is 1.88. The summed E-state index contributed by atoms with van der Waals surface area (Å²) < 4.78 is 1.80. The molecule has 0 aliphatic rings. The Kier molecular flexibility index (Phi) is 6.55. The molecule has 0 aliphatic carbocycles. The average Bonchev–Trinajstić information content (AvgIpc) is 3.07. The molecule has 3 aromatic rings. The van der Waals surface area contributed by atoms with Crippen molar-refractivity contribution in [3.63, 3.8) is 0 Å². The smallest absolute Gasteiger partial charge is 0.253 e. The number of nitrogens with one attached hydrogen (secondary N) is 1. The summed E-state index contributed by atoms with van der Waals surface area (Å²) in [5.74, 6) is 0.168. The number of halogens is 4. The van der Waals surface area contributed by atoms with Gasteiger partial charge in [-0.1, -0.05) is 58.2 Å². The van der Waals surface area contributed by atoms with E-state index in [2.05, 4.69) is 15.5 Å². The van der Waals surface area contributed by atoms with Gasteiger partial charge in [-0.05, 0) is 42.7 Å². The summed E-state index contributed by atoms with van der Waals surface area (Å²) in [5, 5.41) is 13.3. The number of thioether (sulfide) groups is 1. The van der Waals surface area contributed by atoms with Crippen LogP contribution in [0.15, 0.2) is 41.6 Å². The van der Waals surface area contributed by atoms with E-state index >= 15 is 0 Å². The lowest BCUT2D eigenvalue weighted by Crippen LogP contribution is -2.25. The van der Waals surface area contributed by atoms with Crippen molar-refractivity contribution >= 4 is 64.1 Å². The molecule has 1 amide bonds. The Morgan fingerprint density at radius 2 is 1.78 bits per heavy atom. The molecule has 0 unspecified atom stereocenters. The van der Waals surface area contributed by atoms with Gasteiger partial charge in [0.05, 0.1) is 32.9 Å². The van der Waals surface area contributed by atoms with Crippen molar-refractivity contribution in [1.29, 1.82) is 0 Å². The third kappa shape index (κ3) is 4.52. The number of hydrogen-bond donors (Lipinski definition) is 1. The Bertz CT molecular complexity index is 1010. The summed E-state index contributed by atoms with van der Waals surface area (Å²) in [4.78, 5) is 12.5. The number of hydrogen-bond acceptors (Lipinski definition) is 4. The second-order valence-electron chi connectivity index (χ2n) is 5.34. The van der Waals surface area contributed by atoms with Crippen LogP contribution in [-0.2, 0) is 6.54 Å². The first kappa shape index (κ1) is 20.3. The van der Waals surface area contributed by atoms with Crippen molar-refractivity contribution in [3.05, 3.63) is 67.9 Å². The fraction of sp³-hybridized carbons (Fsp3) is 0.118. The molecule has 1 heterocycles. The van der Waals surface area contributed by atoms with Gasteiger partial charge in [0.1, 0.15) is 0 Å². The van der Waals surface area contributed by atoms with Gasteiger partial charge in [0, 0.05) is 5.02 Å². The van der Waals surface area contributed by atoms with E-state index in [-0.39, 0.29) is 18.0 Å². The molecular formula is C17H12Cl4N4OS. The minimum atomic E-state index is -0.364. The minimum absolute atomic E-state index is 0.134. The number of aromatic nitrogens is 3. The predicted molar refractivity (Wildman–Crippen MR) is 111 cm³/mol. The molecule has 0 radical (unpaired) electrons. The Labute approximate surface area is 180 Å². The Morgan fingerprint density at radius 1 is 1.04 bits per heavy atom. The van der Waals surface area contributed by atoms with Gasteiger partial charge in [-0.2, -0.15) is 0 Å². The van der Waals surface area contributed by atoms with Crippen LogP contribution in [0.5, 0.6) is 0 Å². The van der Waals surface area contributed by atoms with E-state index in [9.17, 15) is 4.79 Å². The normalized spacial score (nSPS) is 10.9. The fourth-order valence-electron chi connectivity index (χ4n) is 2.36. The van der Waals surface area contributed by atoms with E-state index in [0.717, 1.165) is 5.69 Å². The first-order valence-electron chi connectivity index (χ1n) is 7.57. The average molecular weight is 462 g/mol. The molecule has 5 nitrogen and oxygen atoms in total. The minimum Gasteiger partial charge on any atom is -0.345 e. The van der Waals surface area contributed by atoms with Crippen molar-refractivity contribution < 1.29 is 4.79 Å². The van der Waals surface area contributed by atoms with E-state index in [1.165, 1.54) is 17.8 Å². The highest BCUT2D eigenvalue weighted by Crippen LogP contribution is 2.27. The molecule has 2 aromatic carbocycles. The number of nitrogens with zero attached hydrogens (tertiary/aromatic N) is 3. The molecule has 3 rings (SSSR count). The monoisotopic (exact) mass is 460 g/mol. The summed E-state index contributed by atoms with van der Waals surface area (Å²) in [7, 11) is 0. The van der Waals surface area contributed by atoms with E-state index in [1.807, 2.05) is 6.26 Å². The van der Waals surface area contributed by atoms with Crippen LogP contribution in [0.25, 0.3) is 5.69 Å². The number of benzene rings is 2. The molecule has 0 fully saturated rings. The van der Waals surface area contributed by atoms with Crippen molar-refractivity contribution in [2.75, 3.05) is 6.26 Å². The summed E-state index contributed by atoms with van der Waals surface area (Å²) in [6, 6.07) is 9.91. The van der Waals surface area contributed by atoms with Crippen molar-refractivity contribution in [2.45, 2.75) is 11.7 Å². The van der Waals surface area contributed by atoms with E-state index in [1.54, 1.807) is 34.9 Å². The van der Waals surface area contributed by atoms with Gasteiger partial charge in [0.2, 0.25) is 0 Å². The van der Waals surface area contributed by atoms with Crippen LogP contribution in [0.2, 0.25) is 20.1 Å². The summed E-state index contributed by atoms with van der Waals surface area (Å²) >= 11 is 25.6. The maximum atomic E-state index is 12.5. The van der Waals surface area contributed by atoms with E-state index in [4.69, 9.17) is 46.4 Å². The van der Waals surface area contributed by atoms with Crippen LogP contribution in [-0.4, -0.2) is 26.9 Å². The molecule has 1 N–H and O–H groups in total. The molecule has 0 aliphatic heterocycles. The predicted octanol–water partition coefficient (Wildman–Crippen LogP) is 5.53. The zero-order valence-electron chi connectivity index (χ0n) is 13.8. The van der Waals surface area contributed by atoms with Crippen LogP contribution >= 0.6 is 58.2 Å². The zero-order chi connectivity index (χ0) is 19.6. The molecule has 140 valence electrons. The maximum absolute atomic E-state index is 12.5. The fourth-order valence-corrected chi connectivity index (χ4v) is 3.54. The molecule has 27 heavy (non-hydrogen) atoms. The number of amides is 1. The highest BCUT2D eigenvalue weighted by atomic mass is 35.5. The number of carbonyl (C=O) groups excluding carboxylic acids is 1. The first-order valence-corrected chi connectivity index (χ1v) is 10.3. The van der Waals surface area contributed by atoms with Crippen LogP contribution in [0.3, 0.4) is 0 Å². The number of rotatable bonds is 5. The number of carbonyl (C=O) groups is 1. The van der Waals surface area contributed by atoms with E-state index < -0.39 is 0 Å². The van der Waals surface area contributed by atoms with Crippen LogP contribution in [0.1, 0.15) is 16.2 Å².